The first-order chi connectivity index (χ1) is 10.7. The second-order valence-corrected chi connectivity index (χ2v) is 5.27. The minimum Gasteiger partial charge on any atom is -0.380 e. The fourth-order valence-electron chi connectivity index (χ4n) is 2.17. The fraction of sp³-hybridized carbons (Fsp3) is 0.588. The Balaban J connectivity index is 2.41. The van der Waals surface area contributed by atoms with Crippen LogP contribution >= 0.6 is 0 Å². The predicted octanol–water partition coefficient (Wildman–Crippen LogP) is 3.22. The van der Waals surface area contributed by atoms with Gasteiger partial charge in [0.25, 0.3) is 0 Å². The zero-order chi connectivity index (χ0) is 16.2. The quantitative estimate of drug-likeness (QED) is 0.418. The molecule has 0 amide bonds. The number of halogens is 1. The van der Waals surface area contributed by atoms with Crippen LogP contribution in [0.4, 0.5) is 4.39 Å². The Morgan fingerprint density at radius 2 is 2.05 bits per heavy atom. The van der Waals surface area contributed by atoms with Crippen molar-refractivity contribution in [2.45, 2.75) is 45.8 Å². The van der Waals surface area contributed by atoms with Crippen molar-refractivity contribution in [3.63, 3.8) is 0 Å². The normalized spacial score (nSPS) is 11.5. The second kappa shape index (κ2) is 11.0. The van der Waals surface area contributed by atoms with Crippen molar-refractivity contribution < 1.29 is 9.13 Å². The van der Waals surface area contributed by atoms with Gasteiger partial charge in [-0.25, -0.2) is 4.39 Å². The molecule has 0 aliphatic rings. The summed E-state index contributed by atoms with van der Waals surface area (Å²) in [5.74, 6) is 0.540. The van der Waals surface area contributed by atoms with Gasteiger partial charge in [0.2, 0.25) is 0 Å². The molecule has 22 heavy (non-hydrogen) atoms. The average molecular weight is 309 g/mol. The molecule has 2 N–H and O–H groups in total. The molecule has 0 aliphatic carbocycles. The van der Waals surface area contributed by atoms with Crippen molar-refractivity contribution in [1.29, 1.82) is 0 Å². The topological polar surface area (TPSA) is 45.7 Å². The summed E-state index contributed by atoms with van der Waals surface area (Å²) in [5, 5.41) is 6.53. The standard InChI is InChI=1S/C17H28FN3O/c1-4-5-6-7-10-20-17(19-2)21-12-14-8-9-16(18)15(11-14)13-22-3/h8-9,11H,4-7,10,12-13H2,1-3H3,(H2,19,20,21). The average Bonchev–Trinajstić information content (AvgIpc) is 2.53. The van der Waals surface area contributed by atoms with Crippen molar-refractivity contribution in [3.8, 4) is 0 Å². The lowest BCUT2D eigenvalue weighted by atomic mass is 10.1. The molecule has 0 aliphatic heterocycles. The summed E-state index contributed by atoms with van der Waals surface area (Å²) in [6.07, 6.45) is 4.88. The highest BCUT2D eigenvalue weighted by Crippen LogP contribution is 2.11. The maximum Gasteiger partial charge on any atom is 0.191 e. The minimum atomic E-state index is -0.232. The van der Waals surface area contributed by atoms with Crippen molar-refractivity contribution >= 4 is 5.96 Å². The molecule has 0 spiro atoms. The van der Waals surface area contributed by atoms with E-state index < -0.39 is 0 Å². The molecule has 1 rings (SSSR count). The van der Waals surface area contributed by atoms with Crippen molar-refractivity contribution in [3.05, 3.63) is 35.1 Å². The monoisotopic (exact) mass is 309 g/mol. The number of guanidine groups is 1. The lowest BCUT2D eigenvalue weighted by Crippen LogP contribution is -2.37. The minimum absolute atomic E-state index is 0.232. The first-order valence-electron chi connectivity index (χ1n) is 7.92. The largest absolute Gasteiger partial charge is 0.380 e. The maximum atomic E-state index is 13.6. The van der Waals surface area contributed by atoms with Crippen molar-refractivity contribution in [2.24, 2.45) is 4.99 Å². The van der Waals surface area contributed by atoms with Crippen LogP contribution in [0, 0.1) is 5.82 Å². The van der Waals surface area contributed by atoms with Gasteiger partial charge < -0.3 is 15.4 Å². The SMILES string of the molecule is CCCCCCNC(=NC)NCc1ccc(F)c(COC)c1. The highest BCUT2D eigenvalue weighted by Gasteiger charge is 2.04. The molecule has 0 fully saturated rings. The van der Waals surface area contributed by atoms with Gasteiger partial charge in [0.05, 0.1) is 6.61 Å². The smallest absolute Gasteiger partial charge is 0.191 e. The molecular weight excluding hydrogens is 281 g/mol. The molecule has 0 bridgehead atoms. The third kappa shape index (κ3) is 6.89. The van der Waals surface area contributed by atoms with Crippen LogP contribution in [0.1, 0.15) is 43.7 Å². The molecule has 0 atom stereocenters. The van der Waals surface area contributed by atoms with Crippen molar-refractivity contribution in [1.82, 2.24) is 10.6 Å². The van der Waals surface area contributed by atoms with Gasteiger partial charge in [-0.15, -0.1) is 0 Å². The lowest BCUT2D eigenvalue weighted by molar-refractivity contribution is 0.181. The number of unbranched alkanes of at least 4 members (excludes halogenated alkanes) is 3. The zero-order valence-electron chi connectivity index (χ0n) is 13.9. The van der Waals surface area contributed by atoms with E-state index >= 15 is 0 Å². The van der Waals surface area contributed by atoms with Crippen LogP contribution in [0.2, 0.25) is 0 Å². The van der Waals surface area contributed by atoms with E-state index in [1.165, 1.54) is 25.3 Å². The number of nitrogens with zero attached hydrogens (tertiary/aromatic N) is 1. The molecule has 4 nitrogen and oxygen atoms in total. The molecule has 0 aromatic heterocycles. The number of aliphatic imine (C=N–C) groups is 1. The van der Waals surface area contributed by atoms with Crippen LogP contribution in [0.15, 0.2) is 23.2 Å². The van der Waals surface area contributed by atoms with Crippen LogP contribution in [-0.4, -0.2) is 26.7 Å². The van der Waals surface area contributed by atoms with E-state index in [9.17, 15) is 4.39 Å². The molecule has 0 unspecified atom stereocenters. The Labute approximate surface area is 133 Å². The number of hydrogen-bond donors (Lipinski definition) is 2. The number of methoxy groups -OCH3 is 1. The molecule has 124 valence electrons. The molecule has 5 heteroatoms. The molecular formula is C17H28FN3O. The van der Waals surface area contributed by atoms with Crippen LogP contribution < -0.4 is 10.6 Å². The number of nitrogens with one attached hydrogen (secondary N) is 2. The Morgan fingerprint density at radius 3 is 2.73 bits per heavy atom. The van der Waals surface area contributed by atoms with Gasteiger partial charge in [-0.2, -0.15) is 0 Å². The van der Waals surface area contributed by atoms with E-state index in [0.717, 1.165) is 24.5 Å². The second-order valence-electron chi connectivity index (χ2n) is 5.27. The van der Waals surface area contributed by atoms with E-state index in [1.54, 1.807) is 20.2 Å². The summed E-state index contributed by atoms with van der Waals surface area (Å²) in [7, 11) is 3.32. The van der Waals surface area contributed by atoms with Gasteiger partial charge in [0.1, 0.15) is 5.82 Å². The summed E-state index contributed by atoms with van der Waals surface area (Å²) in [6.45, 7) is 4.00. The Bertz CT molecular complexity index is 463. The summed E-state index contributed by atoms with van der Waals surface area (Å²) in [6, 6.07) is 5.07. The summed E-state index contributed by atoms with van der Waals surface area (Å²) in [4.78, 5) is 4.19. The van der Waals surface area contributed by atoms with Gasteiger partial charge >= 0.3 is 0 Å². The van der Waals surface area contributed by atoms with Gasteiger partial charge in [0, 0.05) is 32.8 Å². The molecule has 1 aromatic carbocycles. The third-order valence-corrected chi connectivity index (χ3v) is 3.42. The third-order valence-electron chi connectivity index (χ3n) is 3.42. The van der Waals surface area contributed by atoms with E-state index in [-0.39, 0.29) is 12.4 Å². The van der Waals surface area contributed by atoms with Crippen LogP contribution in [0.3, 0.4) is 0 Å². The van der Waals surface area contributed by atoms with Gasteiger partial charge in [0.15, 0.2) is 5.96 Å². The van der Waals surface area contributed by atoms with Gasteiger partial charge in [-0.05, 0) is 24.1 Å². The first-order valence-corrected chi connectivity index (χ1v) is 7.92. The molecule has 0 heterocycles. The fourth-order valence-corrected chi connectivity index (χ4v) is 2.17. The van der Waals surface area contributed by atoms with Crippen LogP contribution in [-0.2, 0) is 17.9 Å². The Morgan fingerprint density at radius 1 is 1.23 bits per heavy atom. The molecule has 1 aromatic rings. The Hall–Kier alpha value is -1.62. The van der Waals surface area contributed by atoms with Gasteiger partial charge in [-0.3, -0.25) is 4.99 Å². The summed E-state index contributed by atoms with van der Waals surface area (Å²) in [5.41, 5.74) is 1.58. The highest BCUT2D eigenvalue weighted by molar-refractivity contribution is 5.79. The van der Waals surface area contributed by atoms with Gasteiger partial charge in [-0.1, -0.05) is 32.3 Å². The summed E-state index contributed by atoms with van der Waals surface area (Å²) < 4.78 is 18.6. The maximum absolute atomic E-state index is 13.6. The number of rotatable bonds is 9. The zero-order valence-corrected chi connectivity index (χ0v) is 13.9. The predicted molar refractivity (Wildman–Crippen MR) is 89.5 cm³/mol. The first kappa shape index (κ1) is 18.4. The van der Waals surface area contributed by atoms with E-state index in [0.29, 0.717) is 12.1 Å². The van der Waals surface area contributed by atoms with Crippen molar-refractivity contribution in [2.75, 3.05) is 20.7 Å². The van der Waals surface area contributed by atoms with E-state index in [2.05, 4.69) is 22.5 Å². The van der Waals surface area contributed by atoms with E-state index in [1.807, 2.05) is 6.07 Å². The molecule has 0 saturated carbocycles. The Kier molecular flexibility index (Phi) is 9.23. The number of ether oxygens (including phenoxy) is 1. The number of hydrogen-bond acceptors (Lipinski definition) is 2. The van der Waals surface area contributed by atoms with Crippen LogP contribution in [0.5, 0.6) is 0 Å². The van der Waals surface area contributed by atoms with E-state index in [4.69, 9.17) is 4.74 Å². The highest BCUT2D eigenvalue weighted by atomic mass is 19.1. The summed E-state index contributed by atoms with van der Waals surface area (Å²) >= 11 is 0. The molecule has 0 radical (unpaired) electrons. The lowest BCUT2D eigenvalue weighted by Gasteiger charge is -2.12. The van der Waals surface area contributed by atoms with Crippen LogP contribution in [0.25, 0.3) is 0 Å². The molecule has 0 saturated heterocycles. The number of benzene rings is 1.